The minimum atomic E-state index is -0.909. The van der Waals surface area contributed by atoms with E-state index in [9.17, 15) is 4.39 Å². The number of alkyl halides is 1. The first-order valence-corrected chi connectivity index (χ1v) is 9.61. The number of hydrogen-bond acceptors (Lipinski definition) is 0. The maximum Gasteiger partial charge on any atom is 0.172 e. The summed E-state index contributed by atoms with van der Waals surface area (Å²) in [4.78, 5) is 3.54. The van der Waals surface area contributed by atoms with Gasteiger partial charge in [-0.1, -0.05) is 67.9 Å². The van der Waals surface area contributed by atoms with Crippen molar-refractivity contribution in [1.29, 1.82) is 0 Å². The molecule has 0 radical (unpaired) electrons. The second-order valence-electron chi connectivity index (χ2n) is 5.73. The average Bonchev–Trinajstić information content (AvgIpc) is 2.64. The van der Waals surface area contributed by atoms with Crippen molar-refractivity contribution in [3.63, 3.8) is 0 Å². The highest BCUT2D eigenvalue weighted by atomic mass is 32.2. The van der Waals surface area contributed by atoms with Gasteiger partial charge in [-0.15, -0.1) is 0 Å². The largest absolute Gasteiger partial charge is 0.242 e. The zero-order valence-electron chi connectivity index (χ0n) is 13.9. The molecule has 3 aromatic carbocycles. The Morgan fingerprint density at radius 2 is 1.25 bits per heavy atom. The molecule has 0 saturated carbocycles. The monoisotopic (exact) mass is 337 g/mol. The maximum absolute atomic E-state index is 14.8. The topological polar surface area (TPSA) is 0 Å². The van der Waals surface area contributed by atoms with Crippen molar-refractivity contribution in [2.24, 2.45) is 0 Å². The molecule has 0 spiro atoms. The van der Waals surface area contributed by atoms with Gasteiger partial charge in [-0.2, -0.15) is 0 Å². The normalized spacial score (nSPS) is 12.3. The van der Waals surface area contributed by atoms with Crippen molar-refractivity contribution in [1.82, 2.24) is 0 Å². The molecule has 0 fully saturated rings. The summed E-state index contributed by atoms with van der Waals surface area (Å²) in [6.07, 6.45) is 0.506. The van der Waals surface area contributed by atoms with Gasteiger partial charge < -0.3 is 0 Å². The van der Waals surface area contributed by atoms with Crippen LogP contribution in [0, 0.1) is 0 Å². The van der Waals surface area contributed by atoms with E-state index in [0.29, 0.717) is 6.42 Å². The second kappa shape index (κ2) is 8.16. The lowest BCUT2D eigenvalue weighted by Crippen LogP contribution is -2.09. The fourth-order valence-electron chi connectivity index (χ4n) is 2.84. The molecule has 0 aromatic heterocycles. The van der Waals surface area contributed by atoms with Gasteiger partial charge in [0.05, 0.1) is 10.9 Å². The van der Waals surface area contributed by atoms with Gasteiger partial charge in [0, 0.05) is 5.56 Å². The maximum atomic E-state index is 14.8. The summed E-state index contributed by atoms with van der Waals surface area (Å²) < 4.78 is 14.8. The highest BCUT2D eigenvalue weighted by Crippen LogP contribution is 2.37. The summed E-state index contributed by atoms with van der Waals surface area (Å²) in [6, 6.07) is 28.8. The van der Waals surface area contributed by atoms with Crippen molar-refractivity contribution in [3.05, 3.63) is 90.5 Å². The SMILES string of the molecule is CCCC(F)c1ccccc1[S+](c1ccccc1)c1ccccc1. The van der Waals surface area contributed by atoms with Crippen LogP contribution >= 0.6 is 0 Å². The number of halogens is 1. The van der Waals surface area contributed by atoms with Gasteiger partial charge in [-0.25, -0.2) is 4.39 Å². The van der Waals surface area contributed by atoms with Crippen molar-refractivity contribution >= 4 is 10.9 Å². The molecule has 2 heteroatoms. The molecule has 0 saturated heterocycles. The first-order valence-electron chi connectivity index (χ1n) is 8.38. The summed E-state index contributed by atoms with van der Waals surface area (Å²) in [5, 5.41) is 0. The van der Waals surface area contributed by atoms with Gasteiger partial charge in [0.25, 0.3) is 0 Å². The predicted octanol–water partition coefficient (Wildman–Crippen LogP) is 6.59. The molecule has 0 N–H and O–H groups in total. The number of benzene rings is 3. The van der Waals surface area contributed by atoms with Crippen molar-refractivity contribution in [2.75, 3.05) is 0 Å². The molecule has 0 aliphatic carbocycles. The first kappa shape index (κ1) is 16.8. The minimum Gasteiger partial charge on any atom is -0.242 e. The molecule has 1 unspecified atom stereocenters. The summed E-state index contributed by atoms with van der Waals surface area (Å²) >= 11 is 0. The van der Waals surface area contributed by atoms with E-state index >= 15 is 0 Å². The van der Waals surface area contributed by atoms with Crippen LogP contribution < -0.4 is 0 Å². The van der Waals surface area contributed by atoms with Crippen molar-refractivity contribution in [3.8, 4) is 0 Å². The van der Waals surface area contributed by atoms with Crippen LogP contribution in [0.2, 0.25) is 0 Å². The molecule has 0 aliphatic heterocycles. The number of hydrogen-bond donors (Lipinski definition) is 0. The van der Waals surface area contributed by atoms with E-state index in [1.807, 2.05) is 37.3 Å². The zero-order valence-corrected chi connectivity index (χ0v) is 14.7. The Hall–Kier alpha value is -2.06. The quantitative estimate of drug-likeness (QED) is 0.445. The second-order valence-corrected chi connectivity index (χ2v) is 7.72. The molecular weight excluding hydrogens is 315 g/mol. The minimum absolute atomic E-state index is 0.290. The van der Waals surface area contributed by atoms with Crippen LogP contribution in [-0.2, 0) is 10.9 Å². The summed E-state index contributed by atoms with van der Waals surface area (Å²) in [7, 11) is -0.290. The average molecular weight is 337 g/mol. The lowest BCUT2D eigenvalue weighted by Gasteiger charge is -2.14. The van der Waals surface area contributed by atoms with E-state index in [-0.39, 0.29) is 10.9 Å². The predicted molar refractivity (Wildman–Crippen MR) is 100 cm³/mol. The molecule has 0 aliphatic rings. The van der Waals surface area contributed by atoms with Crippen LogP contribution in [0.5, 0.6) is 0 Å². The molecule has 0 nitrogen and oxygen atoms in total. The Morgan fingerprint density at radius 3 is 1.79 bits per heavy atom. The standard InChI is InChI=1S/C22H22FS/c1-2-11-21(23)20-16-9-10-17-22(20)24(18-12-5-3-6-13-18)19-14-7-4-8-15-19/h3-10,12-17,21H,2,11H2,1H3/q+1. The van der Waals surface area contributed by atoms with Gasteiger partial charge in [-0.05, 0) is 36.8 Å². The van der Waals surface area contributed by atoms with Gasteiger partial charge in [0.15, 0.2) is 14.7 Å². The van der Waals surface area contributed by atoms with Gasteiger partial charge in [-0.3, -0.25) is 0 Å². The lowest BCUT2D eigenvalue weighted by atomic mass is 10.1. The molecule has 3 aromatic rings. The van der Waals surface area contributed by atoms with Crippen molar-refractivity contribution < 1.29 is 4.39 Å². The summed E-state index contributed by atoms with van der Waals surface area (Å²) in [5.41, 5.74) is 0.829. The smallest absolute Gasteiger partial charge is 0.172 e. The molecular formula is C22H22FS+. The van der Waals surface area contributed by atoms with E-state index in [2.05, 4.69) is 54.6 Å². The Kier molecular flexibility index (Phi) is 5.71. The van der Waals surface area contributed by atoms with Crippen LogP contribution in [0.15, 0.2) is 99.6 Å². The Balaban J connectivity index is 2.14. The fourth-order valence-corrected chi connectivity index (χ4v) is 5.12. The molecule has 0 heterocycles. The third kappa shape index (κ3) is 3.70. The Morgan fingerprint density at radius 1 is 0.750 bits per heavy atom. The van der Waals surface area contributed by atoms with Gasteiger partial charge >= 0.3 is 0 Å². The Bertz CT molecular complexity index is 716. The molecule has 0 bridgehead atoms. The highest BCUT2D eigenvalue weighted by molar-refractivity contribution is 7.97. The van der Waals surface area contributed by atoms with Crippen LogP contribution in [-0.4, -0.2) is 0 Å². The van der Waals surface area contributed by atoms with E-state index in [1.165, 1.54) is 9.79 Å². The molecule has 3 rings (SSSR count). The van der Waals surface area contributed by atoms with E-state index in [4.69, 9.17) is 0 Å². The number of rotatable bonds is 6. The van der Waals surface area contributed by atoms with Crippen LogP contribution in [0.3, 0.4) is 0 Å². The molecule has 0 amide bonds. The van der Waals surface area contributed by atoms with Gasteiger partial charge in [0.1, 0.15) is 6.17 Å². The van der Waals surface area contributed by atoms with Crippen LogP contribution in [0.1, 0.15) is 31.5 Å². The zero-order chi connectivity index (χ0) is 16.8. The summed E-state index contributed by atoms with van der Waals surface area (Å²) in [6.45, 7) is 2.03. The van der Waals surface area contributed by atoms with Crippen LogP contribution in [0.4, 0.5) is 4.39 Å². The molecule has 122 valence electrons. The fraction of sp³-hybridized carbons (Fsp3) is 0.182. The lowest BCUT2D eigenvalue weighted by molar-refractivity contribution is 0.316. The van der Waals surface area contributed by atoms with Gasteiger partial charge in [0.2, 0.25) is 0 Å². The summed E-state index contributed by atoms with van der Waals surface area (Å²) in [5.74, 6) is 0. The van der Waals surface area contributed by atoms with Crippen LogP contribution in [0.25, 0.3) is 0 Å². The van der Waals surface area contributed by atoms with E-state index < -0.39 is 6.17 Å². The van der Waals surface area contributed by atoms with E-state index in [0.717, 1.165) is 16.9 Å². The Labute approximate surface area is 146 Å². The third-order valence-electron chi connectivity index (χ3n) is 3.98. The third-order valence-corrected chi connectivity index (χ3v) is 6.28. The van der Waals surface area contributed by atoms with E-state index in [1.54, 1.807) is 0 Å². The first-order chi connectivity index (χ1) is 11.8. The van der Waals surface area contributed by atoms with Crippen molar-refractivity contribution in [2.45, 2.75) is 40.6 Å². The molecule has 1 atom stereocenters. The highest BCUT2D eigenvalue weighted by Gasteiger charge is 2.32. The molecule has 24 heavy (non-hydrogen) atoms.